The molecule has 0 spiro atoms. The Bertz CT molecular complexity index is 1100. The maximum Gasteiger partial charge on any atom is 0.330 e. The zero-order valence-electron chi connectivity index (χ0n) is 25.4. The van der Waals surface area contributed by atoms with E-state index in [0.29, 0.717) is 0 Å². The van der Waals surface area contributed by atoms with Gasteiger partial charge in [-0.25, -0.2) is 9.46 Å². The van der Waals surface area contributed by atoms with Crippen molar-refractivity contribution < 1.29 is 22.9 Å². The summed E-state index contributed by atoms with van der Waals surface area (Å²) in [6.45, 7) is 23.4. The fourth-order valence-electron chi connectivity index (χ4n) is 4.08. The van der Waals surface area contributed by atoms with Gasteiger partial charge in [0.05, 0.1) is 32.3 Å². The van der Waals surface area contributed by atoms with Crippen molar-refractivity contribution in [1.29, 1.82) is 5.26 Å². The van der Waals surface area contributed by atoms with Gasteiger partial charge in [-0.1, -0.05) is 26.8 Å². The van der Waals surface area contributed by atoms with E-state index in [4.69, 9.17) is 28.2 Å². The van der Waals surface area contributed by atoms with Gasteiger partial charge in [-0.15, -0.1) is 6.58 Å². The second-order valence-electron chi connectivity index (χ2n) is 11.9. The third kappa shape index (κ3) is 8.91. The number of hydrogen-bond acceptors (Lipinski definition) is 9. The first-order valence-corrected chi connectivity index (χ1v) is 17.8. The van der Waals surface area contributed by atoms with Crippen molar-refractivity contribution in [1.82, 2.24) is 14.2 Å². The van der Waals surface area contributed by atoms with E-state index < -0.39 is 52.6 Å². The maximum atomic E-state index is 12.8. The van der Waals surface area contributed by atoms with Crippen LogP contribution in [0.15, 0.2) is 34.5 Å². The Morgan fingerprint density at radius 2 is 1.90 bits per heavy atom. The summed E-state index contributed by atoms with van der Waals surface area (Å²) in [5.41, 5.74) is -1.12. The van der Waals surface area contributed by atoms with E-state index in [9.17, 15) is 9.59 Å². The molecule has 1 unspecified atom stereocenters. The first-order chi connectivity index (χ1) is 18.6. The number of nitrogens with one attached hydrogen (secondary N) is 1. The van der Waals surface area contributed by atoms with Gasteiger partial charge in [0.2, 0.25) is 0 Å². The highest BCUT2D eigenvalue weighted by atomic mass is 31.2. The molecular weight excluding hydrogens is 551 g/mol. The van der Waals surface area contributed by atoms with Crippen LogP contribution in [0.1, 0.15) is 61.1 Å². The first kappa shape index (κ1) is 34.5. The molecule has 1 aromatic rings. The quantitative estimate of drug-likeness (QED) is 0.132. The van der Waals surface area contributed by atoms with Crippen molar-refractivity contribution in [2.24, 2.45) is 0 Å². The van der Waals surface area contributed by atoms with Gasteiger partial charge in [0.15, 0.2) is 14.5 Å². The van der Waals surface area contributed by atoms with Crippen molar-refractivity contribution in [2.75, 3.05) is 19.8 Å². The lowest BCUT2D eigenvalue weighted by Crippen LogP contribution is -2.46. The van der Waals surface area contributed by atoms with Crippen LogP contribution in [0.2, 0.25) is 18.1 Å². The third-order valence-electron chi connectivity index (χ3n) is 7.11. The average Bonchev–Trinajstić information content (AvgIpc) is 3.17. The number of aromatic nitrogens is 2. The normalized spacial score (nSPS) is 22.7. The summed E-state index contributed by atoms with van der Waals surface area (Å²) in [4.78, 5) is 26.9. The summed E-state index contributed by atoms with van der Waals surface area (Å²) in [7, 11) is -3.82. The van der Waals surface area contributed by atoms with Crippen LogP contribution in [-0.2, 0) is 22.9 Å². The lowest BCUT2D eigenvalue weighted by Gasteiger charge is -2.39. The lowest BCUT2D eigenvalue weighted by atomic mass is 10.1. The molecule has 1 N–H and O–H groups in total. The Morgan fingerprint density at radius 3 is 2.42 bits per heavy atom. The number of rotatable bonds is 15. The first-order valence-electron chi connectivity index (χ1n) is 13.7. The number of nitriles is 1. The Morgan fingerprint density at radius 1 is 1.25 bits per heavy atom. The predicted molar refractivity (Wildman–Crippen MR) is 158 cm³/mol. The topological polar surface area (TPSA) is 128 Å². The Labute approximate surface area is 240 Å². The summed E-state index contributed by atoms with van der Waals surface area (Å²) in [5.74, 6) is 0. The van der Waals surface area contributed by atoms with Crippen LogP contribution in [-0.4, -0.2) is 72.8 Å². The molecule has 11 nitrogen and oxygen atoms in total. The highest BCUT2D eigenvalue weighted by Crippen LogP contribution is 2.50. The van der Waals surface area contributed by atoms with E-state index in [1.165, 1.54) is 16.8 Å². The maximum absolute atomic E-state index is 12.8. The van der Waals surface area contributed by atoms with E-state index in [1.807, 2.05) is 0 Å². The summed E-state index contributed by atoms with van der Waals surface area (Å²) in [5, 5.41) is 9.09. The van der Waals surface area contributed by atoms with Crippen LogP contribution in [0.5, 0.6) is 0 Å². The third-order valence-corrected chi connectivity index (χ3v) is 13.7. The van der Waals surface area contributed by atoms with Crippen LogP contribution in [0.25, 0.3) is 0 Å². The number of H-pyrrole nitrogens is 1. The van der Waals surface area contributed by atoms with E-state index in [0.717, 1.165) is 0 Å². The minimum absolute atomic E-state index is 0.0327. The summed E-state index contributed by atoms with van der Waals surface area (Å²) < 4.78 is 35.6. The zero-order chi connectivity index (χ0) is 30.3. The fraction of sp³-hybridized carbons (Fsp3) is 0.741. The van der Waals surface area contributed by atoms with Gasteiger partial charge in [-0.2, -0.15) is 5.26 Å². The summed E-state index contributed by atoms with van der Waals surface area (Å²) in [6, 6.07) is 3.56. The molecule has 0 radical (unpaired) electrons. The minimum Gasteiger partial charge on any atom is -0.414 e. The molecule has 1 aliphatic rings. The van der Waals surface area contributed by atoms with Crippen LogP contribution >= 0.6 is 8.53 Å². The Balaban J connectivity index is 2.56. The van der Waals surface area contributed by atoms with Gasteiger partial charge in [-0.3, -0.25) is 14.3 Å². The standard InChI is InChI=1S/C27H47N4O7PSi/c1-11-16-34-24-23(38-39(35-17-12-14-28)31(19(2)3)20(4)5)21(18-36-40(9,10)27(6,7)8)37-25(24)30-15-13-22(32)29-26(30)33/h11,13,15,19-21,23-25H,1,12,16-18H2,2-10H3,(H,29,32,33)/t21-,23-,24-,25-,39?/m1/s1. The largest absolute Gasteiger partial charge is 0.414 e. The molecule has 226 valence electrons. The van der Waals surface area contributed by atoms with E-state index in [2.05, 4.69) is 83.9 Å². The molecule has 1 saturated heterocycles. The number of ether oxygens (including phenoxy) is 2. The van der Waals surface area contributed by atoms with Crippen molar-refractivity contribution >= 4 is 16.8 Å². The van der Waals surface area contributed by atoms with Crippen molar-refractivity contribution in [3.05, 3.63) is 45.8 Å². The average molecular weight is 599 g/mol. The second kappa shape index (κ2) is 15.0. The molecule has 13 heteroatoms. The Hall–Kier alpha value is -1.68. The summed E-state index contributed by atoms with van der Waals surface area (Å²) >= 11 is 0. The second-order valence-corrected chi connectivity index (χ2v) is 18.1. The van der Waals surface area contributed by atoms with Crippen molar-refractivity contribution in [3.63, 3.8) is 0 Å². The van der Waals surface area contributed by atoms with Crippen LogP contribution in [0, 0.1) is 11.3 Å². The molecule has 1 aromatic heterocycles. The molecule has 40 heavy (non-hydrogen) atoms. The predicted octanol–water partition coefficient (Wildman–Crippen LogP) is 4.69. The van der Waals surface area contributed by atoms with Crippen molar-refractivity contribution in [3.8, 4) is 6.07 Å². The monoisotopic (exact) mass is 598 g/mol. The summed E-state index contributed by atoms with van der Waals surface area (Å²) in [6.07, 6.45) is 0.275. The van der Waals surface area contributed by atoms with Crippen LogP contribution in [0.3, 0.4) is 0 Å². The van der Waals surface area contributed by atoms with E-state index >= 15 is 0 Å². The van der Waals surface area contributed by atoms with Gasteiger partial charge in [0, 0.05) is 24.3 Å². The molecule has 5 atom stereocenters. The molecule has 2 rings (SSSR count). The Kier molecular flexibility index (Phi) is 12.9. The molecular formula is C27H47N4O7PSi. The number of hydrogen-bond donors (Lipinski definition) is 1. The number of nitrogens with zero attached hydrogens (tertiary/aromatic N) is 3. The number of aromatic amines is 1. The zero-order valence-corrected chi connectivity index (χ0v) is 27.3. The van der Waals surface area contributed by atoms with E-state index in [-0.39, 0.29) is 43.4 Å². The van der Waals surface area contributed by atoms with Gasteiger partial charge in [0.25, 0.3) is 14.1 Å². The highest BCUT2D eigenvalue weighted by molar-refractivity contribution is 7.44. The fourth-order valence-corrected chi connectivity index (χ4v) is 6.87. The molecule has 0 aromatic carbocycles. The molecule has 1 fully saturated rings. The van der Waals surface area contributed by atoms with Gasteiger partial charge >= 0.3 is 5.69 Å². The van der Waals surface area contributed by atoms with Crippen molar-refractivity contribution in [2.45, 2.75) is 110 Å². The molecule has 0 aliphatic carbocycles. The van der Waals surface area contributed by atoms with Crippen LogP contribution < -0.4 is 11.2 Å². The smallest absolute Gasteiger partial charge is 0.330 e. The molecule has 0 saturated carbocycles. The van der Waals surface area contributed by atoms with Gasteiger partial charge < -0.3 is 22.9 Å². The van der Waals surface area contributed by atoms with Crippen LogP contribution in [0.4, 0.5) is 0 Å². The van der Waals surface area contributed by atoms with Gasteiger partial charge in [-0.05, 0) is 45.8 Å². The lowest BCUT2D eigenvalue weighted by molar-refractivity contribution is -0.0676. The van der Waals surface area contributed by atoms with E-state index in [1.54, 1.807) is 6.08 Å². The SMILES string of the molecule is C=CCO[C@@H]1[C@H](OP(OCCC#N)N(C(C)C)C(C)C)[C@@H](CO[Si](C)(C)C(C)(C)C)O[C@H]1n1ccc(=O)[nH]c1=O. The molecule has 1 aliphatic heterocycles. The molecule has 2 heterocycles. The molecule has 0 amide bonds. The molecule has 0 bridgehead atoms. The highest BCUT2D eigenvalue weighted by Gasteiger charge is 2.51. The van der Waals surface area contributed by atoms with Gasteiger partial charge in [0.1, 0.15) is 18.3 Å². The minimum atomic E-state index is -2.17.